The number of aliphatic hydroxyl groups is 2. The van der Waals surface area contributed by atoms with Crippen molar-refractivity contribution >= 4 is 0 Å². The van der Waals surface area contributed by atoms with Gasteiger partial charge in [0.25, 0.3) is 0 Å². The van der Waals surface area contributed by atoms with Crippen molar-refractivity contribution in [2.45, 2.75) is 18.9 Å². The Kier molecular flexibility index (Phi) is 9.91. The Morgan fingerprint density at radius 1 is 0.826 bits per heavy atom. The molecule has 0 saturated heterocycles. The lowest BCUT2D eigenvalue weighted by molar-refractivity contribution is 0.267. The minimum atomic E-state index is 0.0589. The molecular weight excluding hydrogens is 288 g/mol. The molecule has 0 radical (unpaired) electrons. The minimum Gasteiger partial charge on any atom is -0.395 e. The molecule has 2 rings (SSSR count). The molecule has 0 fully saturated rings. The molecule has 0 aliphatic heterocycles. The molecule has 126 valence electrons. The molecule has 0 saturated carbocycles. The van der Waals surface area contributed by atoms with Gasteiger partial charge >= 0.3 is 0 Å². The van der Waals surface area contributed by atoms with Gasteiger partial charge in [0.05, 0.1) is 13.2 Å². The topological polar surface area (TPSA) is 78.5 Å². The van der Waals surface area contributed by atoms with Crippen LogP contribution in [0, 0.1) is 0 Å². The molecule has 0 spiro atoms. The molecule has 0 aliphatic rings. The molecule has 2 atom stereocenters. The zero-order valence-electron chi connectivity index (χ0n) is 13.7. The Hall–Kier alpha value is -1.72. The van der Waals surface area contributed by atoms with Crippen molar-refractivity contribution in [2.75, 3.05) is 26.3 Å². The molecule has 2 aromatic rings. The third-order valence-electron chi connectivity index (χ3n) is 3.63. The maximum absolute atomic E-state index is 8.15. The van der Waals surface area contributed by atoms with Crippen LogP contribution in [0.3, 0.4) is 0 Å². The Morgan fingerprint density at radius 3 is 1.70 bits per heavy atom. The van der Waals surface area contributed by atoms with Gasteiger partial charge in [-0.25, -0.2) is 0 Å². The summed E-state index contributed by atoms with van der Waals surface area (Å²) in [5.41, 5.74) is 8.75. The van der Waals surface area contributed by atoms with E-state index >= 15 is 0 Å². The van der Waals surface area contributed by atoms with Gasteiger partial charge in [0.1, 0.15) is 0 Å². The van der Waals surface area contributed by atoms with Crippen LogP contribution in [0.4, 0.5) is 0 Å². The van der Waals surface area contributed by atoms with Crippen molar-refractivity contribution in [3.63, 3.8) is 0 Å². The number of nitrogens with two attached hydrogens (primary N) is 1. The first-order chi connectivity index (χ1) is 11.2. The quantitative estimate of drug-likeness (QED) is 0.590. The van der Waals surface area contributed by atoms with Crippen LogP contribution in [-0.4, -0.2) is 36.5 Å². The third-order valence-corrected chi connectivity index (χ3v) is 3.63. The maximum Gasteiger partial charge on any atom is 0.0555 e. The second-order valence-corrected chi connectivity index (χ2v) is 5.33. The Balaban J connectivity index is 0.000000322. The summed E-state index contributed by atoms with van der Waals surface area (Å²) in [4.78, 5) is 0. The average Bonchev–Trinajstić information content (AvgIpc) is 2.63. The molecule has 23 heavy (non-hydrogen) atoms. The van der Waals surface area contributed by atoms with E-state index in [1.807, 2.05) is 24.3 Å². The van der Waals surface area contributed by atoms with E-state index in [1.54, 1.807) is 0 Å². The first kappa shape index (κ1) is 19.3. The fourth-order valence-electron chi connectivity index (χ4n) is 2.21. The van der Waals surface area contributed by atoms with Gasteiger partial charge < -0.3 is 21.3 Å². The summed E-state index contributed by atoms with van der Waals surface area (Å²) in [6.45, 7) is 3.59. The Morgan fingerprint density at radius 2 is 1.26 bits per heavy atom. The molecule has 0 aliphatic carbocycles. The van der Waals surface area contributed by atoms with E-state index < -0.39 is 0 Å². The highest BCUT2D eigenvalue weighted by atomic mass is 16.3. The second kappa shape index (κ2) is 11.8. The summed E-state index contributed by atoms with van der Waals surface area (Å²) in [5.74, 6) is 0.337. The lowest BCUT2D eigenvalue weighted by Gasteiger charge is -2.20. The van der Waals surface area contributed by atoms with Crippen LogP contribution in [0.25, 0.3) is 0 Å². The highest BCUT2D eigenvalue weighted by Gasteiger charge is 2.15. The summed E-state index contributed by atoms with van der Waals surface area (Å²) in [6.07, 6.45) is 0. The molecule has 0 amide bonds. The van der Waals surface area contributed by atoms with Crippen molar-refractivity contribution < 1.29 is 10.2 Å². The van der Waals surface area contributed by atoms with Crippen molar-refractivity contribution in [1.29, 1.82) is 0 Å². The highest BCUT2D eigenvalue weighted by molar-refractivity contribution is 5.26. The summed E-state index contributed by atoms with van der Waals surface area (Å²) < 4.78 is 0. The van der Waals surface area contributed by atoms with Gasteiger partial charge in [-0.1, -0.05) is 67.6 Å². The summed E-state index contributed by atoms with van der Waals surface area (Å²) in [7, 11) is 0. The first-order valence-corrected chi connectivity index (χ1v) is 7.98. The number of rotatable bonds is 7. The lowest BCUT2D eigenvalue weighted by Crippen LogP contribution is -2.21. The van der Waals surface area contributed by atoms with Gasteiger partial charge in [0, 0.05) is 25.0 Å². The number of benzene rings is 2. The highest BCUT2D eigenvalue weighted by Crippen LogP contribution is 2.27. The van der Waals surface area contributed by atoms with Gasteiger partial charge in [-0.15, -0.1) is 0 Å². The van der Waals surface area contributed by atoms with E-state index in [0.717, 1.165) is 0 Å². The molecule has 2 aromatic carbocycles. The van der Waals surface area contributed by atoms with E-state index in [9.17, 15) is 0 Å². The average molecular weight is 316 g/mol. The second-order valence-electron chi connectivity index (χ2n) is 5.33. The van der Waals surface area contributed by atoms with Gasteiger partial charge in [-0.05, 0) is 11.1 Å². The molecule has 5 N–H and O–H groups in total. The van der Waals surface area contributed by atoms with E-state index in [0.29, 0.717) is 19.0 Å². The molecule has 4 heteroatoms. The smallest absolute Gasteiger partial charge is 0.0555 e. The third kappa shape index (κ3) is 7.39. The van der Waals surface area contributed by atoms with Crippen LogP contribution >= 0.6 is 0 Å². The zero-order chi connectivity index (χ0) is 16.9. The lowest BCUT2D eigenvalue weighted by atomic mass is 9.89. The summed E-state index contributed by atoms with van der Waals surface area (Å²) in [6, 6.07) is 20.7. The van der Waals surface area contributed by atoms with E-state index in [-0.39, 0.29) is 19.3 Å². The van der Waals surface area contributed by atoms with E-state index in [4.69, 9.17) is 15.9 Å². The van der Waals surface area contributed by atoms with Gasteiger partial charge in [0.15, 0.2) is 0 Å². The molecule has 0 heterocycles. The fraction of sp³-hybridized carbons (Fsp3) is 0.368. The predicted octanol–water partition coefficient (Wildman–Crippen LogP) is 2.05. The van der Waals surface area contributed by atoms with Crippen LogP contribution in [0.1, 0.15) is 30.0 Å². The van der Waals surface area contributed by atoms with E-state index in [2.05, 4.69) is 48.6 Å². The number of nitrogens with one attached hydrogen (secondary N) is 1. The van der Waals surface area contributed by atoms with Crippen LogP contribution in [0.2, 0.25) is 0 Å². The monoisotopic (exact) mass is 316 g/mol. The molecule has 4 nitrogen and oxygen atoms in total. The van der Waals surface area contributed by atoms with Crippen molar-refractivity contribution in [3.05, 3.63) is 71.8 Å². The minimum absolute atomic E-state index is 0.0589. The van der Waals surface area contributed by atoms with Gasteiger partial charge in [-0.2, -0.15) is 0 Å². The van der Waals surface area contributed by atoms with Crippen LogP contribution < -0.4 is 11.1 Å². The van der Waals surface area contributed by atoms with Crippen LogP contribution in [0.5, 0.6) is 0 Å². The maximum atomic E-state index is 8.15. The van der Waals surface area contributed by atoms with E-state index in [1.165, 1.54) is 11.1 Å². The zero-order valence-corrected chi connectivity index (χ0v) is 13.7. The molecule has 0 bridgehead atoms. The standard InChI is InChI=1S/C15H17N.C4H11NO2/c1-12(13-8-4-2-5-9-13)15(16)14-10-6-3-7-11-14;6-3-1-5-2-4-7/h2-12,15H,16H2,1H3;5-7H,1-4H2. The number of hydrogen-bond acceptors (Lipinski definition) is 4. The normalized spacial score (nSPS) is 12.9. The summed E-state index contributed by atoms with van der Waals surface area (Å²) >= 11 is 0. The van der Waals surface area contributed by atoms with Gasteiger partial charge in [0.2, 0.25) is 0 Å². The first-order valence-electron chi connectivity index (χ1n) is 7.98. The SMILES string of the molecule is CC(c1ccccc1)C(N)c1ccccc1.OCCNCCO. The Labute approximate surface area is 139 Å². The number of hydrogen-bond donors (Lipinski definition) is 4. The summed E-state index contributed by atoms with van der Waals surface area (Å²) in [5, 5.41) is 19.1. The van der Waals surface area contributed by atoms with Gasteiger partial charge in [-0.3, -0.25) is 0 Å². The molecule has 0 aromatic heterocycles. The van der Waals surface area contributed by atoms with Crippen LogP contribution in [-0.2, 0) is 0 Å². The van der Waals surface area contributed by atoms with Crippen molar-refractivity contribution in [2.24, 2.45) is 5.73 Å². The Bertz CT molecular complexity index is 458. The largest absolute Gasteiger partial charge is 0.395 e. The van der Waals surface area contributed by atoms with Crippen molar-refractivity contribution in [3.8, 4) is 0 Å². The molecule has 2 unspecified atom stereocenters. The van der Waals surface area contributed by atoms with Crippen molar-refractivity contribution in [1.82, 2.24) is 5.32 Å². The number of aliphatic hydroxyl groups excluding tert-OH is 2. The fourth-order valence-corrected chi connectivity index (χ4v) is 2.21. The van der Waals surface area contributed by atoms with Crippen LogP contribution in [0.15, 0.2) is 60.7 Å². The predicted molar refractivity (Wildman–Crippen MR) is 95.3 cm³/mol. The molecular formula is C19H28N2O2.